The Morgan fingerprint density at radius 2 is 2.04 bits per heavy atom. The smallest absolute Gasteiger partial charge is 0.273 e. The lowest BCUT2D eigenvalue weighted by atomic mass is 9.87. The van der Waals surface area contributed by atoms with Crippen molar-refractivity contribution >= 4 is 11.6 Å². The predicted molar refractivity (Wildman–Crippen MR) is 91.6 cm³/mol. The zero-order chi connectivity index (χ0) is 18.0. The average molecular weight is 343 g/mol. The second-order valence-electron chi connectivity index (χ2n) is 6.64. The van der Waals surface area contributed by atoms with Gasteiger partial charge >= 0.3 is 0 Å². The molecule has 1 fully saturated rings. The number of nitrogens with zero attached hydrogens (tertiary/aromatic N) is 4. The van der Waals surface area contributed by atoms with Crippen LogP contribution in [0.3, 0.4) is 0 Å². The second-order valence-corrected chi connectivity index (χ2v) is 6.64. The van der Waals surface area contributed by atoms with E-state index in [2.05, 4.69) is 22.6 Å². The fourth-order valence-electron chi connectivity index (χ4n) is 3.18. The Balaban J connectivity index is 1.78. The summed E-state index contributed by atoms with van der Waals surface area (Å²) in [6.45, 7) is 3.96. The van der Waals surface area contributed by atoms with E-state index in [1.165, 1.54) is 16.8 Å². The third kappa shape index (κ3) is 3.67. The van der Waals surface area contributed by atoms with E-state index in [9.17, 15) is 14.9 Å². The number of benzene rings is 1. The molecule has 0 aliphatic heterocycles. The van der Waals surface area contributed by atoms with E-state index in [-0.39, 0.29) is 23.3 Å². The first-order valence-electron chi connectivity index (χ1n) is 8.43. The van der Waals surface area contributed by atoms with Crippen LogP contribution >= 0.6 is 0 Å². The van der Waals surface area contributed by atoms with Gasteiger partial charge in [0.15, 0.2) is 5.69 Å². The quantitative estimate of drug-likeness (QED) is 0.679. The van der Waals surface area contributed by atoms with Crippen molar-refractivity contribution < 1.29 is 9.72 Å². The molecule has 0 spiro atoms. The maximum absolute atomic E-state index is 12.5. The van der Waals surface area contributed by atoms with Gasteiger partial charge in [-0.05, 0) is 44.6 Å². The number of nitrogens with one attached hydrogen (secondary N) is 1. The number of hydrogen-bond donors (Lipinski definition) is 1. The van der Waals surface area contributed by atoms with Gasteiger partial charge in [0.25, 0.3) is 11.6 Å². The maximum atomic E-state index is 12.5. The first-order valence-corrected chi connectivity index (χ1v) is 8.43. The maximum Gasteiger partial charge on any atom is 0.273 e. The third-order valence-electron chi connectivity index (χ3n) is 4.75. The lowest BCUT2D eigenvalue weighted by molar-refractivity contribution is -0.384. The fraction of sp³-hybridized carbons (Fsp3) is 0.471. The van der Waals surface area contributed by atoms with Crippen LogP contribution in [0.25, 0.3) is 5.69 Å². The molecular weight excluding hydrogens is 322 g/mol. The molecular formula is C17H21N5O3. The Kier molecular flexibility index (Phi) is 4.78. The molecule has 25 heavy (non-hydrogen) atoms. The second kappa shape index (κ2) is 7.00. The molecule has 1 saturated carbocycles. The molecule has 1 aliphatic rings. The Morgan fingerprint density at radius 1 is 1.32 bits per heavy atom. The predicted octanol–water partition coefficient (Wildman–Crippen LogP) is 2.79. The van der Waals surface area contributed by atoms with Gasteiger partial charge in [0, 0.05) is 18.2 Å². The van der Waals surface area contributed by atoms with Gasteiger partial charge in [0.1, 0.15) is 0 Å². The highest BCUT2D eigenvalue weighted by Crippen LogP contribution is 2.24. The Morgan fingerprint density at radius 3 is 2.72 bits per heavy atom. The molecule has 2 aromatic rings. The van der Waals surface area contributed by atoms with Crippen LogP contribution in [-0.4, -0.2) is 31.9 Å². The number of carbonyl (C=O) groups excluding carboxylic acids is 1. The summed E-state index contributed by atoms with van der Waals surface area (Å²) in [5.74, 6) is 0.471. The number of aromatic nitrogens is 3. The minimum absolute atomic E-state index is 0.0327. The summed E-state index contributed by atoms with van der Waals surface area (Å²) in [4.78, 5) is 23.0. The number of non-ortho nitro benzene ring substituents is 1. The van der Waals surface area contributed by atoms with Gasteiger partial charge in [-0.3, -0.25) is 14.9 Å². The Bertz CT molecular complexity index is 793. The van der Waals surface area contributed by atoms with E-state index >= 15 is 0 Å². The van der Waals surface area contributed by atoms with Crippen LogP contribution in [-0.2, 0) is 0 Å². The standard InChI is InChI=1S/C17H21N5O3/c1-11-6-8-13(9-7-11)18-17(23)16-12(2)21(20-19-16)14-4-3-5-15(10-14)22(24)25/h3-5,10-11,13H,6-9H2,1-2H3,(H,18,23). The summed E-state index contributed by atoms with van der Waals surface area (Å²) in [7, 11) is 0. The van der Waals surface area contributed by atoms with E-state index < -0.39 is 4.92 Å². The normalized spacial score (nSPS) is 20.2. The largest absolute Gasteiger partial charge is 0.348 e. The lowest BCUT2D eigenvalue weighted by Crippen LogP contribution is -2.37. The van der Waals surface area contributed by atoms with E-state index in [0.29, 0.717) is 17.3 Å². The van der Waals surface area contributed by atoms with Crippen LogP contribution in [0.2, 0.25) is 0 Å². The van der Waals surface area contributed by atoms with Crippen molar-refractivity contribution in [1.29, 1.82) is 0 Å². The number of hydrogen-bond acceptors (Lipinski definition) is 5. The van der Waals surface area contributed by atoms with Crippen molar-refractivity contribution in [3.63, 3.8) is 0 Å². The summed E-state index contributed by atoms with van der Waals surface area (Å²) in [6, 6.07) is 6.27. The zero-order valence-corrected chi connectivity index (χ0v) is 14.3. The minimum Gasteiger partial charge on any atom is -0.348 e. The molecule has 132 valence electrons. The first kappa shape index (κ1) is 17.1. The van der Waals surface area contributed by atoms with Crippen LogP contribution in [0.5, 0.6) is 0 Å². The minimum atomic E-state index is -0.465. The van der Waals surface area contributed by atoms with Gasteiger partial charge in [0.05, 0.1) is 16.3 Å². The third-order valence-corrected chi connectivity index (χ3v) is 4.75. The average Bonchev–Trinajstić information content (AvgIpc) is 2.98. The Hall–Kier alpha value is -2.77. The first-order chi connectivity index (χ1) is 12.0. The van der Waals surface area contributed by atoms with Gasteiger partial charge in [-0.2, -0.15) is 0 Å². The highest BCUT2D eigenvalue weighted by atomic mass is 16.6. The SMILES string of the molecule is Cc1c(C(=O)NC2CCC(C)CC2)nnn1-c1cccc([N+](=O)[O-])c1. The van der Waals surface area contributed by atoms with Crippen molar-refractivity contribution in [1.82, 2.24) is 20.3 Å². The van der Waals surface area contributed by atoms with E-state index in [0.717, 1.165) is 25.7 Å². The molecule has 1 N–H and O–H groups in total. The van der Waals surface area contributed by atoms with Gasteiger partial charge in [0.2, 0.25) is 0 Å². The molecule has 1 aromatic heterocycles. The van der Waals surface area contributed by atoms with Crippen LogP contribution in [0.4, 0.5) is 5.69 Å². The van der Waals surface area contributed by atoms with Crippen molar-refractivity contribution in [2.45, 2.75) is 45.6 Å². The Labute approximate surface area is 145 Å². The molecule has 1 heterocycles. The molecule has 1 aromatic carbocycles. The number of nitro benzene ring substituents is 1. The van der Waals surface area contributed by atoms with Crippen LogP contribution in [0.15, 0.2) is 24.3 Å². The number of amides is 1. The molecule has 3 rings (SSSR count). The summed E-state index contributed by atoms with van der Waals surface area (Å²) < 4.78 is 1.45. The molecule has 8 heteroatoms. The van der Waals surface area contributed by atoms with Crippen molar-refractivity contribution in [2.75, 3.05) is 0 Å². The number of rotatable bonds is 4. The van der Waals surface area contributed by atoms with E-state index in [1.807, 2.05) is 0 Å². The molecule has 0 bridgehead atoms. The fourth-order valence-corrected chi connectivity index (χ4v) is 3.18. The molecule has 1 aliphatic carbocycles. The summed E-state index contributed by atoms with van der Waals surface area (Å²) in [5.41, 5.74) is 1.28. The zero-order valence-electron chi connectivity index (χ0n) is 14.3. The molecule has 8 nitrogen and oxygen atoms in total. The summed E-state index contributed by atoms with van der Waals surface area (Å²) >= 11 is 0. The monoisotopic (exact) mass is 343 g/mol. The van der Waals surface area contributed by atoms with Gasteiger partial charge < -0.3 is 5.32 Å². The molecule has 0 unspecified atom stereocenters. The van der Waals surface area contributed by atoms with Crippen LogP contribution < -0.4 is 5.32 Å². The van der Waals surface area contributed by atoms with Crippen molar-refractivity contribution in [2.24, 2.45) is 5.92 Å². The van der Waals surface area contributed by atoms with Crippen molar-refractivity contribution in [3.8, 4) is 5.69 Å². The van der Waals surface area contributed by atoms with Crippen LogP contribution in [0, 0.1) is 23.0 Å². The molecule has 0 radical (unpaired) electrons. The van der Waals surface area contributed by atoms with E-state index in [4.69, 9.17) is 0 Å². The summed E-state index contributed by atoms with van der Waals surface area (Å²) in [5, 5.41) is 21.9. The van der Waals surface area contributed by atoms with Crippen LogP contribution in [0.1, 0.15) is 48.8 Å². The lowest BCUT2D eigenvalue weighted by Gasteiger charge is -2.26. The molecule has 0 atom stereocenters. The van der Waals surface area contributed by atoms with Crippen molar-refractivity contribution in [3.05, 3.63) is 45.8 Å². The number of carbonyl (C=O) groups is 1. The molecule has 1 amide bonds. The number of nitro groups is 1. The van der Waals surface area contributed by atoms with Gasteiger partial charge in [-0.15, -0.1) is 5.10 Å². The van der Waals surface area contributed by atoms with Gasteiger partial charge in [-0.25, -0.2) is 4.68 Å². The topological polar surface area (TPSA) is 103 Å². The highest BCUT2D eigenvalue weighted by molar-refractivity contribution is 5.93. The highest BCUT2D eigenvalue weighted by Gasteiger charge is 2.23. The van der Waals surface area contributed by atoms with Gasteiger partial charge in [-0.1, -0.05) is 18.2 Å². The summed E-state index contributed by atoms with van der Waals surface area (Å²) in [6.07, 6.45) is 4.19. The van der Waals surface area contributed by atoms with E-state index in [1.54, 1.807) is 19.1 Å². The molecule has 0 saturated heterocycles.